The van der Waals surface area contributed by atoms with E-state index in [0.717, 1.165) is 71.7 Å². The Morgan fingerprint density at radius 3 is 1.60 bits per heavy atom. The molecule has 0 spiro atoms. The second-order valence-electron chi connectivity index (χ2n) is 12.2. The van der Waals surface area contributed by atoms with Crippen LogP contribution in [0.25, 0.3) is 82.1 Å². The molecular formula is C45H25N5. The third-order valence-electron chi connectivity index (χ3n) is 9.62. The maximum atomic E-state index is 10.4. The summed E-state index contributed by atoms with van der Waals surface area (Å²) in [7, 11) is 0. The van der Waals surface area contributed by atoms with Crippen molar-refractivity contribution in [3.8, 4) is 45.8 Å². The Hall–Kier alpha value is -7.39. The average molecular weight is 636 g/mol. The van der Waals surface area contributed by atoms with E-state index in [4.69, 9.17) is 6.57 Å². The molecule has 0 aliphatic heterocycles. The van der Waals surface area contributed by atoms with Crippen molar-refractivity contribution in [2.75, 3.05) is 0 Å². The molecule has 0 aliphatic rings. The smallest absolute Gasteiger partial charge is 0.212 e. The lowest BCUT2D eigenvalue weighted by atomic mass is 9.91. The summed E-state index contributed by atoms with van der Waals surface area (Å²) in [6.45, 7) is 8.27. The molecule has 2 aromatic heterocycles. The minimum atomic E-state index is 0.322. The van der Waals surface area contributed by atoms with Crippen molar-refractivity contribution in [2.24, 2.45) is 0 Å². The van der Waals surface area contributed by atoms with Crippen molar-refractivity contribution in [2.45, 2.75) is 0 Å². The van der Waals surface area contributed by atoms with E-state index in [-0.39, 0.29) is 0 Å². The van der Waals surface area contributed by atoms with Crippen LogP contribution in [0.1, 0.15) is 11.1 Å². The van der Waals surface area contributed by atoms with Gasteiger partial charge in [0.05, 0.1) is 57.6 Å². The van der Waals surface area contributed by atoms with Gasteiger partial charge in [0.15, 0.2) is 0 Å². The van der Waals surface area contributed by atoms with Crippen LogP contribution in [-0.4, -0.2) is 9.13 Å². The molecule has 9 aromatic rings. The minimum Gasteiger partial charge on any atom is -0.309 e. The molecule has 230 valence electrons. The molecule has 0 aliphatic carbocycles. The molecule has 50 heavy (non-hydrogen) atoms. The molecule has 0 amide bonds. The Balaban J connectivity index is 1.33. The van der Waals surface area contributed by atoms with Gasteiger partial charge in [0, 0.05) is 32.8 Å². The van der Waals surface area contributed by atoms with Crippen molar-refractivity contribution in [1.29, 1.82) is 10.5 Å². The largest absolute Gasteiger partial charge is 0.309 e. The zero-order valence-electron chi connectivity index (χ0n) is 26.7. The molecule has 2 heterocycles. The number of para-hydroxylation sites is 4. The first-order valence-corrected chi connectivity index (χ1v) is 16.3. The molecule has 0 fully saturated rings. The quantitative estimate of drug-likeness (QED) is 0.181. The third-order valence-corrected chi connectivity index (χ3v) is 9.62. The summed E-state index contributed by atoms with van der Waals surface area (Å²) in [6.07, 6.45) is 0. The zero-order valence-corrected chi connectivity index (χ0v) is 26.7. The van der Waals surface area contributed by atoms with Gasteiger partial charge < -0.3 is 9.13 Å². The van der Waals surface area contributed by atoms with Gasteiger partial charge in [-0.1, -0.05) is 97.1 Å². The molecule has 0 unspecified atom stereocenters. The molecule has 0 saturated carbocycles. The van der Waals surface area contributed by atoms with Gasteiger partial charge in [-0.3, -0.25) is 0 Å². The third kappa shape index (κ3) is 4.24. The van der Waals surface area contributed by atoms with Gasteiger partial charge in [0.25, 0.3) is 0 Å². The normalized spacial score (nSPS) is 11.1. The zero-order chi connectivity index (χ0) is 33.8. The number of aromatic nitrogens is 2. The van der Waals surface area contributed by atoms with Gasteiger partial charge in [0.2, 0.25) is 5.69 Å². The Bertz CT molecular complexity index is 2920. The van der Waals surface area contributed by atoms with Crippen molar-refractivity contribution in [3.63, 3.8) is 0 Å². The number of benzene rings is 7. The first-order chi connectivity index (χ1) is 24.7. The van der Waals surface area contributed by atoms with E-state index in [1.807, 2.05) is 91.0 Å². The first-order valence-electron chi connectivity index (χ1n) is 16.3. The summed E-state index contributed by atoms with van der Waals surface area (Å²) in [6, 6.07) is 55.6. The van der Waals surface area contributed by atoms with E-state index in [2.05, 4.69) is 86.8 Å². The molecule has 0 bridgehead atoms. The Kier molecular flexibility index (Phi) is 6.56. The molecule has 0 saturated heterocycles. The Morgan fingerprint density at radius 1 is 0.460 bits per heavy atom. The van der Waals surface area contributed by atoms with E-state index >= 15 is 0 Å². The van der Waals surface area contributed by atoms with Crippen LogP contribution in [0.3, 0.4) is 0 Å². The SMILES string of the molecule is [C-]#[N+]c1c(C#N)cc(-n2c3ccccc3c3ccccc32)cc1-c1ccccc1-c1ccccc1-n1c2ccccc2c2cc(C#N)ccc21. The van der Waals surface area contributed by atoms with Crippen LogP contribution in [0.15, 0.2) is 152 Å². The summed E-state index contributed by atoms with van der Waals surface area (Å²) in [4.78, 5) is 3.96. The summed E-state index contributed by atoms with van der Waals surface area (Å²) in [5, 5.41) is 24.5. The maximum Gasteiger partial charge on any atom is 0.212 e. The van der Waals surface area contributed by atoms with Crippen LogP contribution in [0, 0.1) is 29.2 Å². The molecule has 7 aromatic carbocycles. The highest BCUT2D eigenvalue weighted by molar-refractivity contribution is 6.11. The lowest BCUT2D eigenvalue weighted by molar-refractivity contribution is 1.18. The van der Waals surface area contributed by atoms with Crippen LogP contribution < -0.4 is 0 Å². The average Bonchev–Trinajstić information content (AvgIpc) is 3.70. The minimum absolute atomic E-state index is 0.322. The van der Waals surface area contributed by atoms with Crippen LogP contribution in [0.5, 0.6) is 0 Å². The number of fused-ring (bicyclic) bond motifs is 6. The highest BCUT2D eigenvalue weighted by Gasteiger charge is 2.22. The predicted molar refractivity (Wildman–Crippen MR) is 202 cm³/mol. The highest BCUT2D eigenvalue weighted by Crippen LogP contribution is 2.44. The Morgan fingerprint density at radius 2 is 0.980 bits per heavy atom. The van der Waals surface area contributed by atoms with Crippen molar-refractivity contribution < 1.29 is 0 Å². The standard InChI is InChI=1S/C45H25N5/c1-48-45-30(28-47)25-31(49-40-18-8-5-15-35(40)36-16-6-9-19-41(36)49)26-39(45)33-13-3-2-12-32(33)34-14-4-10-20-42(34)50-43-21-11-7-17-37(43)38-24-29(27-46)22-23-44(38)50/h2-26H. The van der Waals surface area contributed by atoms with E-state index < -0.39 is 0 Å². The highest BCUT2D eigenvalue weighted by atomic mass is 15.0. The lowest BCUT2D eigenvalue weighted by Gasteiger charge is -2.19. The van der Waals surface area contributed by atoms with Crippen LogP contribution in [-0.2, 0) is 0 Å². The van der Waals surface area contributed by atoms with Gasteiger partial charge >= 0.3 is 0 Å². The second kappa shape index (κ2) is 11.4. The molecule has 9 rings (SSSR count). The van der Waals surface area contributed by atoms with E-state index in [0.29, 0.717) is 22.4 Å². The monoisotopic (exact) mass is 635 g/mol. The topological polar surface area (TPSA) is 61.8 Å². The summed E-state index contributed by atoms with van der Waals surface area (Å²) < 4.78 is 4.44. The summed E-state index contributed by atoms with van der Waals surface area (Å²) in [5.41, 5.74) is 10.6. The van der Waals surface area contributed by atoms with Crippen molar-refractivity contribution in [1.82, 2.24) is 9.13 Å². The van der Waals surface area contributed by atoms with Gasteiger partial charge in [-0.15, -0.1) is 0 Å². The van der Waals surface area contributed by atoms with Gasteiger partial charge in [0.1, 0.15) is 0 Å². The molecule has 5 nitrogen and oxygen atoms in total. The van der Waals surface area contributed by atoms with E-state index in [1.165, 1.54) is 0 Å². The summed E-state index contributed by atoms with van der Waals surface area (Å²) >= 11 is 0. The Labute approximate surface area is 288 Å². The van der Waals surface area contributed by atoms with Gasteiger partial charge in [-0.2, -0.15) is 10.5 Å². The number of hydrogen-bond acceptors (Lipinski definition) is 2. The molecule has 0 atom stereocenters. The van der Waals surface area contributed by atoms with E-state index in [1.54, 1.807) is 0 Å². The number of hydrogen-bond donors (Lipinski definition) is 0. The molecular weight excluding hydrogens is 611 g/mol. The fourth-order valence-electron chi connectivity index (χ4n) is 7.51. The van der Waals surface area contributed by atoms with Crippen molar-refractivity contribution >= 4 is 49.3 Å². The first kappa shape index (κ1) is 28.8. The fraction of sp³-hybridized carbons (Fsp3) is 0. The number of rotatable bonds is 4. The molecule has 0 N–H and O–H groups in total. The van der Waals surface area contributed by atoms with Crippen molar-refractivity contribution in [3.05, 3.63) is 174 Å². The van der Waals surface area contributed by atoms with E-state index in [9.17, 15) is 10.5 Å². The fourth-order valence-corrected chi connectivity index (χ4v) is 7.51. The second-order valence-corrected chi connectivity index (χ2v) is 12.2. The molecule has 0 radical (unpaired) electrons. The number of nitriles is 2. The number of nitrogens with zero attached hydrogens (tertiary/aromatic N) is 5. The van der Waals surface area contributed by atoms with Crippen LogP contribution in [0.4, 0.5) is 5.69 Å². The van der Waals surface area contributed by atoms with Crippen LogP contribution >= 0.6 is 0 Å². The van der Waals surface area contributed by atoms with Gasteiger partial charge in [-0.05, 0) is 71.3 Å². The lowest BCUT2D eigenvalue weighted by Crippen LogP contribution is -1.99. The van der Waals surface area contributed by atoms with Crippen LogP contribution in [0.2, 0.25) is 0 Å². The molecule has 5 heteroatoms. The maximum absolute atomic E-state index is 10.4. The predicted octanol–water partition coefficient (Wildman–Crippen LogP) is 11.5. The van der Waals surface area contributed by atoms with Gasteiger partial charge in [-0.25, -0.2) is 4.85 Å². The summed E-state index contributed by atoms with van der Waals surface area (Å²) in [5.74, 6) is 0.